The lowest BCUT2D eigenvalue weighted by molar-refractivity contribution is -0.231. The number of ether oxygens (including phenoxy) is 3. The number of benzene rings is 2. The van der Waals surface area contributed by atoms with Gasteiger partial charge in [0.1, 0.15) is 11.9 Å². The van der Waals surface area contributed by atoms with Crippen LogP contribution in [0.2, 0.25) is 0 Å². The standard InChI is InChI=1S/C30H36O5/c1-3-34-29(33-2)35-28-15-25(27(32)11-8-20-4-6-21(19-31)7-5-20)9-10-26(28)30-16-22-12-23(17-30)14-24(13-22)18-30/h4-7,9-10,15,22-24,27,29,31-32H,3,12-14,16-19H2,1-2H3. The molecule has 4 bridgehead atoms. The number of methoxy groups -OCH3 is 1. The highest BCUT2D eigenvalue weighted by Crippen LogP contribution is 2.62. The second-order valence-electron chi connectivity index (χ2n) is 10.6. The first-order valence-corrected chi connectivity index (χ1v) is 12.9. The zero-order chi connectivity index (χ0) is 24.4. The SMILES string of the molecule is CCOC(OC)Oc1cc(C(O)C#Cc2ccc(CO)cc2)ccc1C12CC3CC(CC(C3)C1)C2. The Balaban J connectivity index is 1.45. The molecule has 4 aliphatic carbocycles. The lowest BCUT2D eigenvalue weighted by Gasteiger charge is -2.57. The van der Waals surface area contributed by atoms with Crippen molar-refractivity contribution in [2.24, 2.45) is 17.8 Å². The van der Waals surface area contributed by atoms with E-state index in [9.17, 15) is 10.2 Å². The van der Waals surface area contributed by atoms with Gasteiger partial charge in [-0.2, -0.15) is 0 Å². The van der Waals surface area contributed by atoms with E-state index in [0.29, 0.717) is 12.2 Å². The Kier molecular flexibility index (Phi) is 7.18. The molecule has 35 heavy (non-hydrogen) atoms. The highest BCUT2D eigenvalue weighted by Gasteiger charge is 2.52. The molecule has 0 radical (unpaired) electrons. The van der Waals surface area contributed by atoms with Gasteiger partial charge < -0.3 is 24.4 Å². The van der Waals surface area contributed by atoms with Crippen molar-refractivity contribution in [1.82, 2.24) is 0 Å². The zero-order valence-electron chi connectivity index (χ0n) is 20.7. The van der Waals surface area contributed by atoms with Crippen molar-refractivity contribution in [3.8, 4) is 17.6 Å². The predicted octanol–water partition coefficient (Wildman–Crippen LogP) is 5.08. The van der Waals surface area contributed by atoms with Crippen LogP contribution < -0.4 is 4.74 Å². The maximum absolute atomic E-state index is 10.9. The third-order valence-corrected chi connectivity index (χ3v) is 8.14. The van der Waals surface area contributed by atoms with Gasteiger partial charge >= 0.3 is 6.48 Å². The molecule has 5 nitrogen and oxygen atoms in total. The number of hydrogen-bond acceptors (Lipinski definition) is 5. The van der Waals surface area contributed by atoms with Crippen LogP contribution in [0.1, 0.15) is 73.8 Å². The highest BCUT2D eigenvalue weighted by atomic mass is 16.8. The minimum Gasteiger partial charge on any atom is -0.441 e. The molecule has 6 rings (SSSR count). The minimum absolute atomic E-state index is 0.000591. The van der Waals surface area contributed by atoms with E-state index >= 15 is 0 Å². The Morgan fingerprint density at radius 1 is 1.00 bits per heavy atom. The van der Waals surface area contributed by atoms with Gasteiger partial charge in [0.05, 0.1) is 13.2 Å². The van der Waals surface area contributed by atoms with Crippen molar-refractivity contribution in [3.05, 3.63) is 64.7 Å². The Morgan fingerprint density at radius 3 is 2.23 bits per heavy atom. The molecule has 4 fully saturated rings. The molecule has 0 aliphatic heterocycles. The Bertz CT molecular complexity index is 1040. The average molecular weight is 477 g/mol. The van der Waals surface area contributed by atoms with Crippen LogP contribution in [0.3, 0.4) is 0 Å². The normalized spacial score (nSPS) is 28.3. The molecule has 2 aromatic rings. The van der Waals surface area contributed by atoms with E-state index in [1.165, 1.54) is 44.1 Å². The van der Waals surface area contributed by atoms with Crippen molar-refractivity contribution in [3.63, 3.8) is 0 Å². The molecule has 0 saturated heterocycles. The molecule has 2 N–H and O–H groups in total. The van der Waals surface area contributed by atoms with Crippen molar-refractivity contribution < 1.29 is 24.4 Å². The fourth-order valence-electron chi connectivity index (χ4n) is 7.00. The Labute approximate surface area is 208 Å². The molecule has 2 unspecified atom stereocenters. The van der Waals surface area contributed by atoms with Crippen LogP contribution in [0.15, 0.2) is 42.5 Å². The van der Waals surface area contributed by atoms with E-state index in [1.807, 2.05) is 43.3 Å². The topological polar surface area (TPSA) is 68.2 Å². The molecule has 4 saturated carbocycles. The summed E-state index contributed by atoms with van der Waals surface area (Å²) in [5.41, 5.74) is 3.68. The second-order valence-corrected chi connectivity index (χ2v) is 10.6. The minimum atomic E-state index is -0.951. The van der Waals surface area contributed by atoms with E-state index in [-0.39, 0.29) is 12.0 Å². The summed E-state index contributed by atoms with van der Waals surface area (Å²) >= 11 is 0. The van der Waals surface area contributed by atoms with Gasteiger partial charge in [-0.3, -0.25) is 0 Å². The van der Waals surface area contributed by atoms with Crippen LogP contribution in [0, 0.1) is 29.6 Å². The van der Waals surface area contributed by atoms with E-state index in [2.05, 4.69) is 17.9 Å². The molecule has 0 spiro atoms. The largest absolute Gasteiger partial charge is 0.441 e. The number of hydrogen-bond donors (Lipinski definition) is 2. The Morgan fingerprint density at radius 2 is 1.66 bits per heavy atom. The summed E-state index contributed by atoms with van der Waals surface area (Å²) in [7, 11) is 1.58. The third kappa shape index (κ3) is 5.13. The summed E-state index contributed by atoms with van der Waals surface area (Å²) in [4.78, 5) is 0. The number of rotatable bonds is 8. The first-order valence-electron chi connectivity index (χ1n) is 12.9. The summed E-state index contributed by atoms with van der Waals surface area (Å²) < 4.78 is 17.4. The van der Waals surface area contributed by atoms with Crippen molar-refractivity contribution in [2.75, 3.05) is 13.7 Å². The third-order valence-electron chi connectivity index (χ3n) is 8.14. The molecule has 186 valence electrons. The first-order chi connectivity index (χ1) is 17.0. The molecule has 2 atom stereocenters. The number of aliphatic hydroxyl groups is 2. The zero-order valence-corrected chi connectivity index (χ0v) is 20.7. The lowest BCUT2D eigenvalue weighted by Crippen LogP contribution is -2.48. The van der Waals surface area contributed by atoms with Gasteiger partial charge in [-0.05, 0) is 97.9 Å². The molecule has 0 aromatic heterocycles. The quantitative estimate of drug-likeness (QED) is 0.411. The predicted molar refractivity (Wildman–Crippen MR) is 134 cm³/mol. The van der Waals surface area contributed by atoms with E-state index < -0.39 is 12.6 Å². The molecule has 4 aliphatic rings. The Hall–Kier alpha value is -2.36. The van der Waals surface area contributed by atoms with Gasteiger partial charge in [0, 0.05) is 18.2 Å². The van der Waals surface area contributed by atoms with Crippen LogP contribution in [0.4, 0.5) is 0 Å². The molecule has 0 heterocycles. The maximum atomic E-state index is 10.9. The molecule has 2 aromatic carbocycles. The molecular formula is C30H36O5. The van der Waals surface area contributed by atoms with Crippen LogP contribution in [-0.4, -0.2) is 30.4 Å². The second kappa shape index (κ2) is 10.3. The van der Waals surface area contributed by atoms with Gasteiger partial charge in [-0.25, -0.2) is 0 Å². The van der Waals surface area contributed by atoms with E-state index in [0.717, 1.165) is 34.6 Å². The highest BCUT2D eigenvalue weighted by molar-refractivity contribution is 5.47. The van der Waals surface area contributed by atoms with Crippen molar-refractivity contribution in [1.29, 1.82) is 0 Å². The first kappa shape index (κ1) is 24.3. The van der Waals surface area contributed by atoms with Crippen LogP contribution >= 0.6 is 0 Å². The average Bonchev–Trinajstić information content (AvgIpc) is 2.86. The van der Waals surface area contributed by atoms with E-state index in [4.69, 9.17) is 14.2 Å². The summed E-state index contributed by atoms with van der Waals surface area (Å²) in [6.07, 6.45) is 6.82. The van der Waals surface area contributed by atoms with Crippen molar-refractivity contribution in [2.45, 2.75) is 70.1 Å². The lowest BCUT2D eigenvalue weighted by atomic mass is 9.48. The molecule has 5 heteroatoms. The summed E-state index contributed by atoms with van der Waals surface area (Å²) in [5, 5.41) is 20.1. The fourth-order valence-corrected chi connectivity index (χ4v) is 7.00. The summed E-state index contributed by atoms with van der Waals surface area (Å²) in [5.74, 6) is 9.16. The van der Waals surface area contributed by atoms with Gasteiger partial charge in [0.2, 0.25) is 0 Å². The molecular weight excluding hydrogens is 440 g/mol. The maximum Gasteiger partial charge on any atom is 0.315 e. The molecule has 0 amide bonds. The van der Waals surface area contributed by atoms with Crippen LogP contribution in [0.5, 0.6) is 5.75 Å². The number of aliphatic hydroxyl groups excluding tert-OH is 2. The summed E-state index contributed by atoms with van der Waals surface area (Å²) in [6.45, 7) is 1.60. The van der Waals surface area contributed by atoms with Gasteiger partial charge in [0.15, 0.2) is 0 Å². The van der Waals surface area contributed by atoms with E-state index in [1.54, 1.807) is 7.11 Å². The van der Waals surface area contributed by atoms with Crippen molar-refractivity contribution >= 4 is 0 Å². The van der Waals surface area contributed by atoms with Gasteiger partial charge in [-0.15, -0.1) is 0 Å². The van der Waals surface area contributed by atoms with Crippen LogP contribution in [-0.2, 0) is 21.5 Å². The smallest absolute Gasteiger partial charge is 0.315 e. The van der Waals surface area contributed by atoms with Gasteiger partial charge in [0.25, 0.3) is 0 Å². The van der Waals surface area contributed by atoms with Gasteiger partial charge in [-0.1, -0.05) is 36.1 Å². The monoisotopic (exact) mass is 476 g/mol. The summed E-state index contributed by atoms with van der Waals surface area (Å²) in [6, 6.07) is 13.4. The fraction of sp³-hybridized carbons (Fsp3) is 0.533. The van der Waals surface area contributed by atoms with Crippen LogP contribution in [0.25, 0.3) is 0 Å².